The molecule has 2 unspecified atom stereocenters. The van der Waals surface area contributed by atoms with Gasteiger partial charge in [-0.1, -0.05) is 36.4 Å². The number of alkyl halides is 3. The van der Waals surface area contributed by atoms with E-state index in [9.17, 15) is 13.2 Å². The Morgan fingerprint density at radius 1 is 1.05 bits per heavy atom. The third kappa shape index (κ3) is 2.80. The fourth-order valence-corrected chi connectivity index (χ4v) is 4.00. The lowest BCUT2D eigenvalue weighted by Crippen LogP contribution is -2.26. The van der Waals surface area contributed by atoms with Gasteiger partial charge in [-0.25, -0.2) is 0 Å². The minimum absolute atomic E-state index is 0.0640. The topological polar surface area (TPSA) is 26.0 Å². The van der Waals surface area contributed by atoms with E-state index >= 15 is 0 Å². The first-order chi connectivity index (χ1) is 9.97. The summed E-state index contributed by atoms with van der Waals surface area (Å²) in [7, 11) is 0. The van der Waals surface area contributed by atoms with Crippen LogP contribution in [-0.2, 0) is 12.6 Å². The van der Waals surface area contributed by atoms with Crippen LogP contribution in [-0.4, -0.2) is 5.25 Å². The molecule has 1 aliphatic heterocycles. The van der Waals surface area contributed by atoms with Crippen LogP contribution in [0, 0.1) is 0 Å². The van der Waals surface area contributed by atoms with Crippen LogP contribution >= 0.6 is 11.8 Å². The van der Waals surface area contributed by atoms with Gasteiger partial charge in [-0.3, -0.25) is 0 Å². The van der Waals surface area contributed by atoms with Crippen LogP contribution in [0.2, 0.25) is 0 Å². The number of hydrogen-bond donors (Lipinski definition) is 1. The average Bonchev–Trinajstić information content (AvgIpc) is 2.89. The highest BCUT2D eigenvalue weighted by Crippen LogP contribution is 2.44. The molecule has 0 fully saturated rings. The van der Waals surface area contributed by atoms with Crippen LogP contribution in [0.1, 0.15) is 22.7 Å². The molecular formula is C16H14F3NS. The van der Waals surface area contributed by atoms with E-state index < -0.39 is 17.8 Å². The molecular weight excluding hydrogens is 295 g/mol. The summed E-state index contributed by atoms with van der Waals surface area (Å²) in [6.07, 6.45) is -3.67. The molecule has 0 amide bonds. The van der Waals surface area contributed by atoms with Crippen molar-refractivity contribution >= 4 is 11.8 Å². The van der Waals surface area contributed by atoms with Gasteiger partial charge in [0.1, 0.15) is 0 Å². The van der Waals surface area contributed by atoms with E-state index in [1.807, 2.05) is 24.3 Å². The van der Waals surface area contributed by atoms with Gasteiger partial charge in [-0.2, -0.15) is 13.2 Å². The maximum atomic E-state index is 13.1. The van der Waals surface area contributed by atoms with Crippen LogP contribution in [0.4, 0.5) is 13.2 Å². The monoisotopic (exact) mass is 309 g/mol. The quantitative estimate of drug-likeness (QED) is 0.888. The molecule has 0 radical (unpaired) electrons. The molecule has 2 N–H and O–H groups in total. The minimum atomic E-state index is -4.37. The zero-order valence-electron chi connectivity index (χ0n) is 11.1. The van der Waals surface area contributed by atoms with E-state index in [0.717, 1.165) is 16.5 Å². The van der Waals surface area contributed by atoms with Gasteiger partial charge in [0.05, 0.1) is 5.56 Å². The Balaban J connectivity index is 1.90. The number of rotatable bonds is 2. The molecule has 3 rings (SSSR count). The van der Waals surface area contributed by atoms with E-state index in [-0.39, 0.29) is 10.8 Å². The van der Waals surface area contributed by atoms with Gasteiger partial charge >= 0.3 is 6.18 Å². The molecule has 2 aromatic rings. The molecule has 0 aliphatic carbocycles. The molecule has 0 bridgehead atoms. The second-order valence-electron chi connectivity index (χ2n) is 5.08. The van der Waals surface area contributed by atoms with E-state index in [2.05, 4.69) is 0 Å². The normalized spacial score (nSPS) is 19.3. The number of halogens is 3. The molecule has 0 saturated heterocycles. The fourth-order valence-electron chi connectivity index (χ4n) is 2.66. The average molecular weight is 309 g/mol. The number of benzene rings is 2. The van der Waals surface area contributed by atoms with Crippen molar-refractivity contribution in [2.45, 2.75) is 28.8 Å². The van der Waals surface area contributed by atoms with E-state index in [4.69, 9.17) is 5.73 Å². The zero-order valence-corrected chi connectivity index (χ0v) is 11.9. The first-order valence-corrected chi connectivity index (χ1v) is 7.51. The summed E-state index contributed by atoms with van der Waals surface area (Å²) in [6, 6.07) is 12.8. The van der Waals surface area contributed by atoms with Crippen molar-refractivity contribution < 1.29 is 13.2 Å². The van der Waals surface area contributed by atoms with Crippen LogP contribution in [0.15, 0.2) is 53.4 Å². The van der Waals surface area contributed by atoms with Gasteiger partial charge in [0.15, 0.2) is 0 Å². The lowest BCUT2D eigenvalue weighted by Gasteiger charge is -2.22. The summed E-state index contributed by atoms with van der Waals surface area (Å²) < 4.78 is 39.3. The van der Waals surface area contributed by atoms with Gasteiger partial charge in [0.25, 0.3) is 0 Å². The summed E-state index contributed by atoms with van der Waals surface area (Å²) in [5.74, 6) is 0. The van der Waals surface area contributed by atoms with Crippen LogP contribution in [0.5, 0.6) is 0 Å². The Bertz CT molecular complexity index is 629. The van der Waals surface area contributed by atoms with Crippen LogP contribution in [0.25, 0.3) is 0 Å². The van der Waals surface area contributed by atoms with Gasteiger partial charge in [0.2, 0.25) is 0 Å². The highest BCUT2D eigenvalue weighted by atomic mass is 32.2. The van der Waals surface area contributed by atoms with Gasteiger partial charge < -0.3 is 5.73 Å². The smallest absolute Gasteiger partial charge is 0.323 e. The Kier molecular flexibility index (Phi) is 3.71. The number of nitrogens with two attached hydrogens (primary N) is 1. The highest BCUT2D eigenvalue weighted by Gasteiger charge is 2.37. The standard InChI is InChI=1S/C16H14F3NS/c17-16(18,19)12-7-3-2-6-11(12)15(20)14-9-10-5-1-4-8-13(10)21-14/h1-8,14-15H,9,20H2. The number of fused-ring (bicyclic) bond motifs is 1. The van der Waals surface area contributed by atoms with E-state index in [1.165, 1.54) is 12.1 Å². The molecule has 0 saturated carbocycles. The van der Waals surface area contributed by atoms with Crippen LogP contribution in [0.3, 0.4) is 0 Å². The van der Waals surface area contributed by atoms with Crippen molar-refractivity contribution in [2.24, 2.45) is 5.73 Å². The molecule has 110 valence electrons. The van der Waals surface area contributed by atoms with Crippen LogP contribution < -0.4 is 5.73 Å². The van der Waals surface area contributed by atoms with Gasteiger partial charge in [-0.05, 0) is 29.7 Å². The fraction of sp³-hybridized carbons (Fsp3) is 0.250. The summed E-state index contributed by atoms with van der Waals surface area (Å²) >= 11 is 1.57. The van der Waals surface area contributed by atoms with Gasteiger partial charge in [-0.15, -0.1) is 11.8 Å². The SMILES string of the molecule is NC(c1ccccc1C(F)(F)F)C1Cc2ccccc2S1. The van der Waals surface area contributed by atoms with Crippen molar-refractivity contribution in [1.29, 1.82) is 0 Å². The van der Waals surface area contributed by atoms with Crippen molar-refractivity contribution in [3.8, 4) is 0 Å². The lowest BCUT2D eigenvalue weighted by molar-refractivity contribution is -0.138. The predicted molar refractivity (Wildman–Crippen MR) is 78.2 cm³/mol. The first-order valence-electron chi connectivity index (χ1n) is 6.63. The minimum Gasteiger partial charge on any atom is -0.323 e. The third-order valence-corrected chi connectivity index (χ3v) is 5.11. The third-order valence-electron chi connectivity index (χ3n) is 3.70. The molecule has 0 aromatic heterocycles. The second kappa shape index (κ2) is 5.39. The van der Waals surface area contributed by atoms with Gasteiger partial charge in [0, 0.05) is 16.2 Å². The molecule has 5 heteroatoms. The molecule has 21 heavy (non-hydrogen) atoms. The van der Waals surface area contributed by atoms with Crippen molar-refractivity contribution in [3.05, 3.63) is 65.2 Å². The summed E-state index contributed by atoms with van der Waals surface area (Å²) in [5, 5.41) is -0.0640. The summed E-state index contributed by atoms with van der Waals surface area (Å²) in [4.78, 5) is 1.11. The molecule has 1 aliphatic rings. The maximum absolute atomic E-state index is 13.1. The largest absolute Gasteiger partial charge is 0.416 e. The molecule has 2 aromatic carbocycles. The van der Waals surface area contributed by atoms with E-state index in [0.29, 0.717) is 6.42 Å². The zero-order chi connectivity index (χ0) is 15.0. The first kappa shape index (κ1) is 14.5. The van der Waals surface area contributed by atoms with Crippen molar-refractivity contribution in [2.75, 3.05) is 0 Å². The predicted octanol–water partition coefficient (Wildman–Crippen LogP) is 4.42. The van der Waals surface area contributed by atoms with Crippen molar-refractivity contribution in [3.63, 3.8) is 0 Å². The molecule has 0 spiro atoms. The Morgan fingerprint density at radius 3 is 2.43 bits per heavy atom. The Morgan fingerprint density at radius 2 is 1.71 bits per heavy atom. The number of thioether (sulfide) groups is 1. The Hall–Kier alpha value is -1.46. The maximum Gasteiger partial charge on any atom is 0.416 e. The van der Waals surface area contributed by atoms with E-state index in [1.54, 1.807) is 17.8 Å². The highest BCUT2D eigenvalue weighted by molar-refractivity contribution is 8.00. The molecule has 2 atom stereocenters. The lowest BCUT2D eigenvalue weighted by atomic mass is 9.95. The van der Waals surface area contributed by atoms with Crippen molar-refractivity contribution in [1.82, 2.24) is 0 Å². The summed E-state index contributed by atoms with van der Waals surface area (Å²) in [5.41, 5.74) is 6.86. The molecule has 1 heterocycles. The summed E-state index contributed by atoms with van der Waals surface area (Å²) in [6.45, 7) is 0. The second-order valence-corrected chi connectivity index (χ2v) is 6.36. The molecule has 1 nitrogen and oxygen atoms in total. The Labute approximate surface area is 125 Å². The number of hydrogen-bond acceptors (Lipinski definition) is 2.